The molecule has 0 aliphatic heterocycles. The van der Waals surface area contributed by atoms with Crippen molar-refractivity contribution in [2.75, 3.05) is 7.11 Å². The van der Waals surface area contributed by atoms with Crippen molar-refractivity contribution in [1.82, 2.24) is 4.98 Å². The van der Waals surface area contributed by atoms with Gasteiger partial charge in [-0.3, -0.25) is 0 Å². The van der Waals surface area contributed by atoms with Crippen LogP contribution in [0, 0.1) is 0 Å². The number of hydrogen-bond donors (Lipinski definition) is 1. The largest absolute Gasteiger partial charge is 0.481 e. The Hall–Kier alpha value is -1.09. The smallest absolute Gasteiger partial charge is 0.213 e. The Morgan fingerprint density at radius 1 is 1.46 bits per heavy atom. The molecule has 0 aromatic carbocycles. The first-order valence-electron chi connectivity index (χ1n) is 4.33. The first kappa shape index (κ1) is 9.99. The lowest BCUT2D eigenvalue weighted by Gasteiger charge is -2.08. The summed E-state index contributed by atoms with van der Waals surface area (Å²) in [6.07, 6.45) is 0. The van der Waals surface area contributed by atoms with Crippen LogP contribution in [0.2, 0.25) is 0 Å². The van der Waals surface area contributed by atoms with Gasteiger partial charge in [0.15, 0.2) is 0 Å². The molecule has 0 spiro atoms. The average Bonchev–Trinajstić information content (AvgIpc) is 2.16. The molecule has 0 bridgehead atoms. The number of aliphatic hydroxyl groups is 1. The highest BCUT2D eigenvalue weighted by Gasteiger charge is 2.05. The zero-order chi connectivity index (χ0) is 9.84. The average molecular weight is 181 g/mol. The van der Waals surface area contributed by atoms with Crippen LogP contribution in [0.5, 0.6) is 5.88 Å². The lowest BCUT2D eigenvalue weighted by atomic mass is 10.0. The standard InChI is InChI=1S/C10H15NO2/c1-7(2)8-4-9(6-12)11-10(5-8)13-3/h4-5,7,12H,6H2,1-3H3. The third-order valence-electron chi connectivity index (χ3n) is 1.92. The Balaban J connectivity index is 3.07. The van der Waals surface area contributed by atoms with Crippen molar-refractivity contribution in [2.45, 2.75) is 26.4 Å². The lowest BCUT2D eigenvalue weighted by Crippen LogP contribution is -1.98. The van der Waals surface area contributed by atoms with Crippen molar-refractivity contribution in [3.63, 3.8) is 0 Å². The van der Waals surface area contributed by atoms with Gasteiger partial charge in [0.2, 0.25) is 5.88 Å². The van der Waals surface area contributed by atoms with E-state index < -0.39 is 0 Å². The van der Waals surface area contributed by atoms with Gasteiger partial charge in [0.05, 0.1) is 19.4 Å². The lowest BCUT2D eigenvalue weighted by molar-refractivity contribution is 0.274. The van der Waals surface area contributed by atoms with Gasteiger partial charge in [0.25, 0.3) is 0 Å². The first-order valence-corrected chi connectivity index (χ1v) is 4.33. The predicted molar refractivity (Wildman–Crippen MR) is 50.8 cm³/mol. The fraction of sp³-hybridized carbons (Fsp3) is 0.500. The second-order valence-electron chi connectivity index (χ2n) is 3.25. The highest BCUT2D eigenvalue weighted by molar-refractivity contribution is 5.27. The number of nitrogens with zero attached hydrogens (tertiary/aromatic N) is 1. The van der Waals surface area contributed by atoms with Crippen LogP contribution >= 0.6 is 0 Å². The number of rotatable bonds is 3. The second kappa shape index (κ2) is 4.23. The van der Waals surface area contributed by atoms with E-state index in [0.717, 1.165) is 5.56 Å². The predicted octanol–water partition coefficient (Wildman–Crippen LogP) is 1.71. The van der Waals surface area contributed by atoms with Crippen LogP contribution in [0.3, 0.4) is 0 Å². The van der Waals surface area contributed by atoms with Crippen LogP contribution in [0.4, 0.5) is 0 Å². The van der Waals surface area contributed by atoms with Gasteiger partial charge in [0.1, 0.15) is 0 Å². The Bertz CT molecular complexity index is 262. The minimum atomic E-state index is -0.0447. The van der Waals surface area contributed by atoms with Crippen molar-refractivity contribution in [3.05, 3.63) is 23.4 Å². The molecule has 0 unspecified atom stereocenters. The maximum Gasteiger partial charge on any atom is 0.213 e. The monoisotopic (exact) mass is 181 g/mol. The van der Waals surface area contributed by atoms with Crippen LogP contribution in [0.25, 0.3) is 0 Å². The van der Waals surface area contributed by atoms with Gasteiger partial charge >= 0.3 is 0 Å². The fourth-order valence-electron chi connectivity index (χ4n) is 1.10. The number of methoxy groups -OCH3 is 1. The quantitative estimate of drug-likeness (QED) is 0.771. The summed E-state index contributed by atoms with van der Waals surface area (Å²) in [5, 5.41) is 8.95. The zero-order valence-electron chi connectivity index (χ0n) is 8.24. The van der Waals surface area contributed by atoms with Crippen molar-refractivity contribution < 1.29 is 9.84 Å². The molecule has 3 heteroatoms. The van der Waals surface area contributed by atoms with Gasteiger partial charge in [-0.2, -0.15) is 0 Å². The number of pyridine rings is 1. The summed E-state index contributed by atoms with van der Waals surface area (Å²) in [6.45, 7) is 4.14. The molecule has 72 valence electrons. The van der Waals surface area contributed by atoms with E-state index in [2.05, 4.69) is 18.8 Å². The summed E-state index contributed by atoms with van der Waals surface area (Å²) >= 11 is 0. The second-order valence-corrected chi connectivity index (χ2v) is 3.25. The van der Waals surface area contributed by atoms with E-state index in [-0.39, 0.29) is 6.61 Å². The van der Waals surface area contributed by atoms with E-state index in [1.54, 1.807) is 7.11 Å². The van der Waals surface area contributed by atoms with Gasteiger partial charge in [-0.1, -0.05) is 13.8 Å². The van der Waals surface area contributed by atoms with Crippen molar-refractivity contribution in [3.8, 4) is 5.88 Å². The molecule has 0 saturated carbocycles. The maximum absolute atomic E-state index is 8.95. The summed E-state index contributed by atoms with van der Waals surface area (Å²) < 4.78 is 5.03. The van der Waals surface area contributed by atoms with Crippen molar-refractivity contribution in [2.24, 2.45) is 0 Å². The summed E-state index contributed by atoms with van der Waals surface area (Å²) in [6, 6.07) is 3.79. The van der Waals surface area contributed by atoms with Gasteiger partial charge < -0.3 is 9.84 Å². The van der Waals surface area contributed by atoms with Gasteiger partial charge in [-0.25, -0.2) is 4.98 Å². The third kappa shape index (κ3) is 2.42. The highest BCUT2D eigenvalue weighted by Crippen LogP contribution is 2.19. The normalized spacial score (nSPS) is 10.5. The van der Waals surface area contributed by atoms with E-state index in [1.807, 2.05) is 12.1 Å². The number of aromatic nitrogens is 1. The molecule has 0 atom stereocenters. The Morgan fingerprint density at radius 2 is 2.15 bits per heavy atom. The Morgan fingerprint density at radius 3 is 2.62 bits per heavy atom. The molecule has 1 heterocycles. The SMILES string of the molecule is COc1cc(C(C)C)cc(CO)n1. The molecule has 0 amide bonds. The van der Waals surface area contributed by atoms with Crippen LogP contribution in [-0.2, 0) is 6.61 Å². The van der Waals surface area contributed by atoms with Gasteiger partial charge in [-0.05, 0) is 17.5 Å². The molecule has 1 aromatic heterocycles. The summed E-state index contributed by atoms with van der Waals surface area (Å²) in [7, 11) is 1.58. The first-order chi connectivity index (χ1) is 6.17. The molecule has 0 fully saturated rings. The third-order valence-corrected chi connectivity index (χ3v) is 1.92. The zero-order valence-corrected chi connectivity index (χ0v) is 8.24. The minimum Gasteiger partial charge on any atom is -0.481 e. The molecular weight excluding hydrogens is 166 g/mol. The molecule has 13 heavy (non-hydrogen) atoms. The fourth-order valence-corrected chi connectivity index (χ4v) is 1.10. The van der Waals surface area contributed by atoms with Crippen molar-refractivity contribution in [1.29, 1.82) is 0 Å². The van der Waals surface area contributed by atoms with Gasteiger partial charge in [-0.15, -0.1) is 0 Å². The van der Waals surface area contributed by atoms with Crippen LogP contribution in [-0.4, -0.2) is 17.2 Å². The van der Waals surface area contributed by atoms with Crippen LogP contribution in [0.1, 0.15) is 31.0 Å². The maximum atomic E-state index is 8.95. The van der Waals surface area contributed by atoms with Gasteiger partial charge in [0, 0.05) is 6.07 Å². The van der Waals surface area contributed by atoms with Crippen LogP contribution < -0.4 is 4.74 Å². The molecule has 0 aliphatic rings. The number of aliphatic hydroxyl groups excluding tert-OH is 1. The molecule has 0 aliphatic carbocycles. The molecule has 0 saturated heterocycles. The topological polar surface area (TPSA) is 42.4 Å². The Kier molecular flexibility index (Phi) is 3.25. The molecule has 0 radical (unpaired) electrons. The van der Waals surface area contributed by atoms with Crippen molar-refractivity contribution >= 4 is 0 Å². The van der Waals surface area contributed by atoms with Crippen LogP contribution in [0.15, 0.2) is 12.1 Å². The number of ether oxygens (including phenoxy) is 1. The number of hydrogen-bond acceptors (Lipinski definition) is 3. The van der Waals surface area contributed by atoms with E-state index in [4.69, 9.17) is 9.84 Å². The van der Waals surface area contributed by atoms with E-state index in [1.165, 1.54) is 0 Å². The summed E-state index contributed by atoms with van der Waals surface area (Å²) in [5.41, 5.74) is 1.79. The van der Waals surface area contributed by atoms with E-state index in [9.17, 15) is 0 Å². The summed E-state index contributed by atoms with van der Waals surface area (Å²) in [5.74, 6) is 0.984. The molecule has 3 nitrogen and oxygen atoms in total. The Labute approximate surface area is 78.4 Å². The summed E-state index contributed by atoms with van der Waals surface area (Å²) in [4.78, 5) is 4.08. The van der Waals surface area contributed by atoms with E-state index in [0.29, 0.717) is 17.5 Å². The molecule has 1 rings (SSSR count). The molecule has 1 aromatic rings. The van der Waals surface area contributed by atoms with E-state index >= 15 is 0 Å². The molecule has 1 N–H and O–H groups in total. The minimum absolute atomic E-state index is 0.0447. The molecular formula is C10H15NO2. The highest BCUT2D eigenvalue weighted by atomic mass is 16.5.